The Morgan fingerprint density at radius 2 is 1.61 bits per heavy atom. The predicted molar refractivity (Wildman–Crippen MR) is 115 cm³/mol. The van der Waals surface area contributed by atoms with Crippen LogP contribution in [0.5, 0.6) is 0 Å². The van der Waals surface area contributed by atoms with Crippen LogP contribution in [-0.2, 0) is 19.6 Å². The van der Waals surface area contributed by atoms with Crippen LogP contribution < -0.4 is 10.0 Å². The van der Waals surface area contributed by atoms with Crippen molar-refractivity contribution in [2.24, 2.45) is 0 Å². The highest BCUT2D eigenvalue weighted by Gasteiger charge is 2.21. The molecule has 1 aromatic heterocycles. The zero-order valence-electron chi connectivity index (χ0n) is 17.2. The molecule has 1 heterocycles. The molecule has 1 unspecified atom stereocenters. The van der Waals surface area contributed by atoms with Gasteiger partial charge in [-0.1, -0.05) is 12.1 Å². The third-order valence-corrected chi connectivity index (χ3v) is 5.81. The van der Waals surface area contributed by atoms with E-state index in [0.717, 1.165) is 0 Å². The molecule has 0 radical (unpaired) electrons. The molecule has 31 heavy (non-hydrogen) atoms. The number of anilines is 1. The standard InChI is InChI=1S/C21H22N4O5S/c1-13(2)25-31(28,29)16-10-8-15(9-11-16)23-20(26)14(3)30-21(27)19-12-22-17-6-4-5-7-18(17)24-19/h4-14,25H,1-3H3,(H,23,26). The molecular weight excluding hydrogens is 420 g/mol. The van der Waals surface area contributed by atoms with Crippen molar-refractivity contribution in [1.82, 2.24) is 14.7 Å². The summed E-state index contributed by atoms with van der Waals surface area (Å²) in [6, 6.07) is 12.5. The highest BCUT2D eigenvalue weighted by molar-refractivity contribution is 7.89. The van der Waals surface area contributed by atoms with Gasteiger partial charge in [0.05, 0.1) is 22.1 Å². The molecule has 2 aromatic carbocycles. The van der Waals surface area contributed by atoms with Gasteiger partial charge in [-0.3, -0.25) is 9.78 Å². The van der Waals surface area contributed by atoms with Gasteiger partial charge in [-0.15, -0.1) is 0 Å². The number of aromatic nitrogens is 2. The van der Waals surface area contributed by atoms with Gasteiger partial charge in [0.1, 0.15) is 0 Å². The quantitative estimate of drug-likeness (QED) is 0.538. The van der Waals surface area contributed by atoms with Crippen molar-refractivity contribution in [1.29, 1.82) is 0 Å². The maximum atomic E-state index is 12.4. The summed E-state index contributed by atoms with van der Waals surface area (Å²) in [5, 5.41) is 2.58. The van der Waals surface area contributed by atoms with E-state index in [1.165, 1.54) is 37.4 Å². The number of para-hydroxylation sites is 2. The second kappa shape index (κ2) is 9.19. The summed E-state index contributed by atoms with van der Waals surface area (Å²) in [7, 11) is -3.63. The fraction of sp³-hybridized carbons (Fsp3) is 0.238. The first kappa shape index (κ1) is 22.3. The van der Waals surface area contributed by atoms with Gasteiger partial charge in [0, 0.05) is 11.7 Å². The molecule has 1 amide bonds. The van der Waals surface area contributed by atoms with E-state index in [0.29, 0.717) is 16.7 Å². The average Bonchev–Trinajstić information content (AvgIpc) is 2.72. The molecule has 0 saturated heterocycles. The van der Waals surface area contributed by atoms with Crippen LogP contribution in [0.25, 0.3) is 11.0 Å². The minimum Gasteiger partial charge on any atom is -0.448 e. The predicted octanol–water partition coefficient (Wildman–Crippen LogP) is 2.50. The molecule has 162 valence electrons. The van der Waals surface area contributed by atoms with E-state index in [4.69, 9.17) is 4.74 Å². The summed E-state index contributed by atoms with van der Waals surface area (Å²) in [5.74, 6) is -1.35. The number of nitrogens with zero attached hydrogens (tertiary/aromatic N) is 2. The van der Waals surface area contributed by atoms with Gasteiger partial charge in [-0.05, 0) is 57.2 Å². The Hall–Kier alpha value is -3.37. The first-order chi connectivity index (χ1) is 14.7. The van der Waals surface area contributed by atoms with E-state index in [2.05, 4.69) is 20.0 Å². The minimum atomic E-state index is -3.63. The first-order valence-electron chi connectivity index (χ1n) is 9.52. The Labute approximate surface area is 179 Å². The van der Waals surface area contributed by atoms with Crippen LogP contribution >= 0.6 is 0 Å². The van der Waals surface area contributed by atoms with Crippen LogP contribution in [0, 0.1) is 0 Å². The maximum Gasteiger partial charge on any atom is 0.359 e. The highest BCUT2D eigenvalue weighted by atomic mass is 32.2. The maximum absolute atomic E-state index is 12.4. The second-order valence-electron chi connectivity index (χ2n) is 7.08. The topological polar surface area (TPSA) is 127 Å². The van der Waals surface area contributed by atoms with Crippen LogP contribution in [0.15, 0.2) is 59.6 Å². The lowest BCUT2D eigenvalue weighted by molar-refractivity contribution is -0.123. The Balaban J connectivity index is 1.62. The number of benzene rings is 2. The molecule has 0 fully saturated rings. The molecule has 3 aromatic rings. The van der Waals surface area contributed by atoms with E-state index in [1.807, 2.05) is 6.07 Å². The fourth-order valence-electron chi connectivity index (χ4n) is 2.67. The van der Waals surface area contributed by atoms with Crippen LogP contribution in [0.4, 0.5) is 5.69 Å². The van der Waals surface area contributed by atoms with Crippen LogP contribution in [-0.4, -0.2) is 42.4 Å². The van der Waals surface area contributed by atoms with Gasteiger partial charge in [0.2, 0.25) is 10.0 Å². The number of nitrogens with one attached hydrogen (secondary N) is 2. The Bertz CT molecular complexity index is 1210. The summed E-state index contributed by atoms with van der Waals surface area (Å²) in [6.45, 7) is 4.86. The van der Waals surface area contributed by atoms with E-state index in [9.17, 15) is 18.0 Å². The van der Waals surface area contributed by atoms with Crippen molar-refractivity contribution in [2.45, 2.75) is 37.8 Å². The summed E-state index contributed by atoms with van der Waals surface area (Å²) < 4.78 is 32.0. The summed E-state index contributed by atoms with van der Waals surface area (Å²) in [4.78, 5) is 33.1. The lowest BCUT2D eigenvalue weighted by Gasteiger charge is -2.14. The molecule has 0 aliphatic rings. The zero-order chi connectivity index (χ0) is 22.6. The number of esters is 1. The molecule has 0 aliphatic carbocycles. The number of amides is 1. The fourth-order valence-corrected chi connectivity index (χ4v) is 3.92. The van der Waals surface area contributed by atoms with Crippen molar-refractivity contribution in [3.8, 4) is 0 Å². The average molecular weight is 442 g/mol. The van der Waals surface area contributed by atoms with Gasteiger partial charge in [-0.2, -0.15) is 0 Å². The van der Waals surface area contributed by atoms with Crippen LogP contribution in [0.2, 0.25) is 0 Å². The van der Waals surface area contributed by atoms with E-state index in [1.54, 1.807) is 32.0 Å². The number of carbonyl (C=O) groups excluding carboxylic acids is 2. The van der Waals surface area contributed by atoms with Gasteiger partial charge in [0.25, 0.3) is 5.91 Å². The molecule has 0 aliphatic heterocycles. The van der Waals surface area contributed by atoms with Gasteiger partial charge < -0.3 is 10.1 Å². The first-order valence-corrected chi connectivity index (χ1v) is 11.0. The number of hydrogen-bond acceptors (Lipinski definition) is 7. The summed E-state index contributed by atoms with van der Waals surface area (Å²) in [6.07, 6.45) is 0.186. The van der Waals surface area contributed by atoms with Crippen molar-refractivity contribution < 1.29 is 22.7 Å². The third-order valence-electron chi connectivity index (χ3n) is 4.13. The molecular formula is C21H22N4O5S. The second-order valence-corrected chi connectivity index (χ2v) is 8.80. The smallest absolute Gasteiger partial charge is 0.359 e. The number of carbonyl (C=O) groups is 2. The largest absolute Gasteiger partial charge is 0.448 e. The van der Waals surface area contributed by atoms with Crippen molar-refractivity contribution in [3.63, 3.8) is 0 Å². The van der Waals surface area contributed by atoms with E-state index >= 15 is 0 Å². The number of fused-ring (bicyclic) bond motifs is 1. The molecule has 0 spiro atoms. The van der Waals surface area contributed by atoms with Gasteiger partial charge in [-0.25, -0.2) is 22.9 Å². The Morgan fingerprint density at radius 3 is 2.26 bits per heavy atom. The minimum absolute atomic E-state index is 0.00874. The molecule has 9 nitrogen and oxygen atoms in total. The number of hydrogen-bond donors (Lipinski definition) is 2. The Morgan fingerprint density at radius 1 is 0.968 bits per heavy atom. The van der Waals surface area contributed by atoms with Crippen LogP contribution in [0.1, 0.15) is 31.3 Å². The highest BCUT2D eigenvalue weighted by Crippen LogP contribution is 2.15. The van der Waals surface area contributed by atoms with Crippen molar-refractivity contribution >= 4 is 38.6 Å². The molecule has 0 saturated carbocycles. The van der Waals surface area contributed by atoms with E-state index < -0.39 is 28.0 Å². The van der Waals surface area contributed by atoms with Crippen LogP contribution in [0.3, 0.4) is 0 Å². The SMILES string of the molecule is CC(C)NS(=O)(=O)c1ccc(NC(=O)C(C)OC(=O)c2cnc3ccccc3n2)cc1. The molecule has 0 bridgehead atoms. The number of sulfonamides is 1. The third kappa shape index (κ3) is 5.62. The molecule has 3 rings (SSSR count). The van der Waals surface area contributed by atoms with E-state index in [-0.39, 0.29) is 16.6 Å². The van der Waals surface area contributed by atoms with Gasteiger partial charge >= 0.3 is 5.97 Å². The summed E-state index contributed by atoms with van der Waals surface area (Å²) >= 11 is 0. The monoisotopic (exact) mass is 442 g/mol. The zero-order valence-corrected chi connectivity index (χ0v) is 18.0. The summed E-state index contributed by atoms with van der Waals surface area (Å²) in [5.41, 5.74) is 1.53. The van der Waals surface area contributed by atoms with Crippen molar-refractivity contribution in [2.75, 3.05) is 5.32 Å². The van der Waals surface area contributed by atoms with Crippen molar-refractivity contribution in [3.05, 3.63) is 60.4 Å². The molecule has 2 N–H and O–H groups in total. The van der Waals surface area contributed by atoms with Gasteiger partial charge in [0.15, 0.2) is 11.8 Å². The molecule has 10 heteroatoms. The normalized spacial score (nSPS) is 12.5. The molecule has 1 atom stereocenters. The lowest BCUT2D eigenvalue weighted by atomic mass is 10.3. The Kier molecular flexibility index (Phi) is 6.62. The number of ether oxygens (including phenoxy) is 1. The lowest BCUT2D eigenvalue weighted by Crippen LogP contribution is -2.31. The number of rotatable bonds is 7.